The van der Waals surface area contributed by atoms with Crippen LogP contribution in [0.1, 0.15) is 12.8 Å². The molecule has 0 bridgehead atoms. The Bertz CT molecular complexity index is 980. The molecular weight excluding hydrogens is 360 g/mol. The summed E-state index contributed by atoms with van der Waals surface area (Å²) in [6.45, 7) is 1.64. The van der Waals surface area contributed by atoms with Crippen molar-refractivity contribution in [2.24, 2.45) is 13.0 Å². The fraction of sp³-hybridized carbons (Fsp3) is 0.300. The summed E-state index contributed by atoms with van der Waals surface area (Å²) in [4.78, 5) is 11.8. The molecule has 3 heterocycles. The lowest BCUT2D eigenvalue weighted by molar-refractivity contribution is 0.485. The summed E-state index contributed by atoms with van der Waals surface area (Å²) in [6, 6.07) is 12.0. The molecular formula is C20H19ClN6. The lowest BCUT2D eigenvalue weighted by atomic mass is 9.98. The molecule has 1 saturated heterocycles. The molecule has 0 saturated carbocycles. The molecule has 136 valence electrons. The van der Waals surface area contributed by atoms with E-state index in [4.69, 9.17) is 26.8 Å². The van der Waals surface area contributed by atoms with Crippen molar-refractivity contribution in [3.05, 3.63) is 47.7 Å². The molecule has 0 N–H and O–H groups in total. The van der Waals surface area contributed by atoms with Crippen LogP contribution in [0.3, 0.4) is 0 Å². The van der Waals surface area contributed by atoms with Crippen LogP contribution in [0.2, 0.25) is 5.02 Å². The summed E-state index contributed by atoms with van der Waals surface area (Å²) in [5, 5.41) is 14.1. The molecule has 1 aliphatic rings. The smallest absolute Gasteiger partial charge is 0.165 e. The number of halogens is 1. The van der Waals surface area contributed by atoms with Crippen molar-refractivity contribution in [1.82, 2.24) is 19.7 Å². The van der Waals surface area contributed by atoms with Gasteiger partial charge in [-0.25, -0.2) is 9.97 Å². The first-order valence-electron chi connectivity index (χ1n) is 8.91. The van der Waals surface area contributed by atoms with Gasteiger partial charge in [-0.2, -0.15) is 10.4 Å². The predicted molar refractivity (Wildman–Crippen MR) is 105 cm³/mol. The number of piperidine rings is 1. The van der Waals surface area contributed by atoms with E-state index in [1.807, 2.05) is 43.6 Å². The molecule has 0 amide bonds. The molecule has 0 spiro atoms. The second-order valence-corrected chi connectivity index (χ2v) is 7.17. The van der Waals surface area contributed by atoms with Gasteiger partial charge in [0.1, 0.15) is 5.82 Å². The average molecular weight is 379 g/mol. The average Bonchev–Trinajstić information content (AvgIpc) is 3.15. The zero-order chi connectivity index (χ0) is 18.8. The third kappa shape index (κ3) is 3.79. The van der Waals surface area contributed by atoms with Crippen LogP contribution in [0.15, 0.2) is 42.7 Å². The van der Waals surface area contributed by atoms with Crippen molar-refractivity contribution in [1.29, 1.82) is 5.26 Å². The Labute approximate surface area is 163 Å². The fourth-order valence-corrected chi connectivity index (χ4v) is 3.39. The topological polar surface area (TPSA) is 70.6 Å². The van der Waals surface area contributed by atoms with Gasteiger partial charge in [-0.15, -0.1) is 0 Å². The molecule has 7 heteroatoms. The maximum Gasteiger partial charge on any atom is 0.165 e. The minimum absolute atomic E-state index is 0.136. The van der Waals surface area contributed by atoms with Gasteiger partial charge in [0.25, 0.3) is 0 Å². The van der Waals surface area contributed by atoms with E-state index >= 15 is 0 Å². The van der Waals surface area contributed by atoms with E-state index in [9.17, 15) is 0 Å². The number of hydrogen-bond acceptors (Lipinski definition) is 5. The first-order valence-corrected chi connectivity index (χ1v) is 9.29. The molecule has 0 aliphatic carbocycles. The third-order valence-corrected chi connectivity index (χ3v) is 5.07. The Morgan fingerprint density at radius 3 is 2.48 bits per heavy atom. The minimum atomic E-state index is 0.136. The summed E-state index contributed by atoms with van der Waals surface area (Å²) in [5.41, 5.74) is 2.71. The number of benzene rings is 1. The van der Waals surface area contributed by atoms with E-state index in [0.717, 1.165) is 48.6 Å². The SMILES string of the molecule is Cn1cc(-c2nc(-c3ccc(Cl)cc3)cc(N3CCC(C#N)CC3)n2)cn1. The van der Waals surface area contributed by atoms with Crippen molar-refractivity contribution in [3.8, 4) is 28.7 Å². The maximum atomic E-state index is 9.14. The van der Waals surface area contributed by atoms with E-state index in [0.29, 0.717) is 10.8 Å². The van der Waals surface area contributed by atoms with Crippen LogP contribution in [0.25, 0.3) is 22.6 Å². The van der Waals surface area contributed by atoms with Gasteiger partial charge in [-0.05, 0) is 25.0 Å². The van der Waals surface area contributed by atoms with Gasteiger partial charge in [-0.1, -0.05) is 23.7 Å². The summed E-state index contributed by atoms with van der Waals surface area (Å²) < 4.78 is 1.74. The van der Waals surface area contributed by atoms with E-state index < -0.39 is 0 Å². The number of nitriles is 1. The molecule has 0 radical (unpaired) electrons. The van der Waals surface area contributed by atoms with Crippen LogP contribution in [0.4, 0.5) is 5.82 Å². The second kappa shape index (κ2) is 7.37. The Morgan fingerprint density at radius 1 is 1.11 bits per heavy atom. The van der Waals surface area contributed by atoms with E-state index in [1.54, 1.807) is 10.9 Å². The number of rotatable bonds is 3. The van der Waals surface area contributed by atoms with Gasteiger partial charge in [-0.3, -0.25) is 4.68 Å². The van der Waals surface area contributed by atoms with Crippen molar-refractivity contribution >= 4 is 17.4 Å². The molecule has 1 aromatic carbocycles. The number of nitrogens with zero attached hydrogens (tertiary/aromatic N) is 6. The molecule has 0 unspecified atom stereocenters. The highest BCUT2D eigenvalue weighted by molar-refractivity contribution is 6.30. The highest BCUT2D eigenvalue weighted by atomic mass is 35.5. The quantitative estimate of drug-likeness (QED) is 0.690. The second-order valence-electron chi connectivity index (χ2n) is 6.73. The molecule has 2 aromatic heterocycles. The number of aryl methyl sites for hydroxylation is 1. The van der Waals surface area contributed by atoms with Crippen LogP contribution < -0.4 is 4.90 Å². The summed E-state index contributed by atoms with van der Waals surface area (Å²) in [7, 11) is 1.88. The highest BCUT2D eigenvalue weighted by Gasteiger charge is 2.21. The number of hydrogen-bond donors (Lipinski definition) is 0. The van der Waals surface area contributed by atoms with Crippen molar-refractivity contribution in [2.75, 3.05) is 18.0 Å². The van der Waals surface area contributed by atoms with Gasteiger partial charge in [0.2, 0.25) is 0 Å². The highest BCUT2D eigenvalue weighted by Crippen LogP contribution is 2.29. The van der Waals surface area contributed by atoms with Gasteiger partial charge in [0.05, 0.1) is 23.5 Å². The van der Waals surface area contributed by atoms with Crippen LogP contribution in [-0.4, -0.2) is 32.8 Å². The standard InChI is InChI=1S/C20H19ClN6/c1-26-13-16(12-23-26)20-24-18(15-2-4-17(21)5-3-15)10-19(25-20)27-8-6-14(11-22)7-9-27/h2-5,10,12-14H,6-9H2,1H3. The Balaban J connectivity index is 1.75. The van der Waals surface area contributed by atoms with Crippen LogP contribution in [0, 0.1) is 17.2 Å². The summed E-state index contributed by atoms with van der Waals surface area (Å²) in [6.07, 6.45) is 5.40. The Kier molecular flexibility index (Phi) is 4.78. The van der Waals surface area contributed by atoms with E-state index in [2.05, 4.69) is 16.1 Å². The largest absolute Gasteiger partial charge is 0.356 e. The first-order chi connectivity index (χ1) is 13.1. The molecule has 3 aromatic rings. The molecule has 1 aliphatic heterocycles. The number of anilines is 1. The van der Waals surface area contributed by atoms with Crippen LogP contribution in [0.5, 0.6) is 0 Å². The van der Waals surface area contributed by atoms with Crippen molar-refractivity contribution in [3.63, 3.8) is 0 Å². The normalized spacial score (nSPS) is 14.9. The van der Waals surface area contributed by atoms with Crippen LogP contribution in [-0.2, 0) is 7.05 Å². The van der Waals surface area contributed by atoms with E-state index in [-0.39, 0.29) is 5.92 Å². The van der Waals surface area contributed by atoms with Crippen molar-refractivity contribution in [2.45, 2.75) is 12.8 Å². The molecule has 0 atom stereocenters. The van der Waals surface area contributed by atoms with Crippen LogP contribution >= 0.6 is 11.6 Å². The van der Waals surface area contributed by atoms with E-state index in [1.165, 1.54) is 0 Å². The maximum absolute atomic E-state index is 9.14. The molecule has 4 rings (SSSR count). The van der Waals surface area contributed by atoms with Gasteiger partial charge in [0.15, 0.2) is 5.82 Å². The third-order valence-electron chi connectivity index (χ3n) is 4.82. The Morgan fingerprint density at radius 2 is 1.85 bits per heavy atom. The molecule has 27 heavy (non-hydrogen) atoms. The van der Waals surface area contributed by atoms with Gasteiger partial charge >= 0.3 is 0 Å². The molecule has 1 fully saturated rings. The monoisotopic (exact) mass is 378 g/mol. The zero-order valence-electron chi connectivity index (χ0n) is 15.0. The zero-order valence-corrected chi connectivity index (χ0v) is 15.8. The first kappa shape index (κ1) is 17.5. The minimum Gasteiger partial charge on any atom is -0.356 e. The lowest BCUT2D eigenvalue weighted by Crippen LogP contribution is -2.34. The van der Waals surface area contributed by atoms with Crippen molar-refractivity contribution < 1.29 is 0 Å². The molecule has 6 nitrogen and oxygen atoms in total. The fourth-order valence-electron chi connectivity index (χ4n) is 3.27. The predicted octanol–water partition coefficient (Wildman–Crippen LogP) is 3.94. The van der Waals surface area contributed by atoms with Gasteiger partial charge < -0.3 is 4.90 Å². The summed E-state index contributed by atoms with van der Waals surface area (Å²) >= 11 is 6.03. The lowest BCUT2D eigenvalue weighted by Gasteiger charge is -2.30. The summed E-state index contributed by atoms with van der Waals surface area (Å²) in [5.74, 6) is 1.66. The van der Waals surface area contributed by atoms with Gasteiger partial charge in [0, 0.05) is 48.9 Å². The number of aromatic nitrogens is 4. The Hall–Kier alpha value is -2.91.